The summed E-state index contributed by atoms with van der Waals surface area (Å²) in [5.41, 5.74) is 1.46. The maximum absolute atomic E-state index is 11.0. The van der Waals surface area contributed by atoms with Crippen molar-refractivity contribution in [3.8, 4) is 10.6 Å². The molecule has 0 bridgehead atoms. The second-order valence-electron chi connectivity index (χ2n) is 4.66. The van der Waals surface area contributed by atoms with Gasteiger partial charge in [-0.1, -0.05) is 0 Å². The number of hydrogen-bond donors (Lipinski definition) is 2. The summed E-state index contributed by atoms with van der Waals surface area (Å²) in [6, 6.07) is 3.72. The fourth-order valence-corrected chi connectivity index (χ4v) is 3.04. The van der Waals surface area contributed by atoms with Gasteiger partial charge < -0.3 is 10.2 Å². The van der Waals surface area contributed by atoms with Gasteiger partial charge in [0.05, 0.1) is 18.7 Å². The molecule has 2 rings (SSSR count). The highest BCUT2D eigenvalue weighted by atomic mass is 32.1. The van der Waals surface area contributed by atoms with Gasteiger partial charge in [0.1, 0.15) is 5.01 Å². The van der Waals surface area contributed by atoms with Crippen molar-refractivity contribution in [2.24, 2.45) is 0 Å². The number of pyridine rings is 1. The summed E-state index contributed by atoms with van der Waals surface area (Å²) in [5, 5.41) is 18.7. The molecule has 21 heavy (non-hydrogen) atoms. The minimum Gasteiger partial charge on any atom is -0.481 e. The molecule has 0 radical (unpaired) electrons. The summed E-state index contributed by atoms with van der Waals surface area (Å²) in [5.74, 6) is -0.899. The van der Waals surface area contributed by atoms with Crippen LogP contribution in [-0.4, -0.2) is 51.2 Å². The smallest absolute Gasteiger partial charge is 0.309 e. The Morgan fingerprint density at radius 1 is 1.48 bits per heavy atom. The topological polar surface area (TPSA) is 86.5 Å². The summed E-state index contributed by atoms with van der Waals surface area (Å²) in [4.78, 5) is 22.3. The molecule has 0 aliphatic heterocycles. The van der Waals surface area contributed by atoms with Crippen LogP contribution in [0.5, 0.6) is 0 Å². The van der Waals surface area contributed by atoms with E-state index < -0.39 is 5.97 Å². The number of hydrogen-bond acceptors (Lipinski definition) is 6. The van der Waals surface area contributed by atoms with Gasteiger partial charge in [-0.3, -0.25) is 14.7 Å². The minimum atomic E-state index is -0.899. The molecule has 7 heteroatoms. The van der Waals surface area contributed by atoms with E-state index in [0.29, 0.717) is 18.8 Å². The second kappa shape index (κ2) is 7.26. The molecule has 0 saturated carbocycles. The first-order chi connectivity index (χ1) is 10.1. The van der Waals surface area contributed by atoms with Gasteiger partial charge in [0.25, 0.3) is 0 Å². The van der Waals surface area contributed by atoms with Crippen LogP contribution in [0.15, 0.2) is 24.5 Å². The first-order valence-electron chi connectivity index (χ1n) is 6.50. The van der Waals surface area contributed by atoms with Crippen molar-refractivity contribution in [1.82, 2.24) is 14.9 Å². The molecule has 0 aromatic carbocycles. The van der Waals surface area contributed by atoms with Crippen molar-refractivity contribution in [1.29, 1.82) is 0 Å². The van der Waals surface area contributed by atoms with Crippen molar-refractivity contribution in [3.63, 3.8) is 0 Å². The minimum absolute atomic E-state index is 0.0685. The largest absolute Gasteiger partial charge is 0.481 e. The highest BCUT2D eigenvalue weighted by Crippen LogP contribution is 2.28. The molecule has 0 spiro atoms. The fraction of sp³-hybridized carbons (Fsp3) is 0.357. The van der Waals surface area contributed by atoms with Crippen LogP contribution in [0.2, 0.25) is 0 Å². The molecular weight excluding hydrogens is 290 g/mol. The lowest BCUT2D eigenvalue weighted by Gasteiger charge is -2.13. The van der Waals surface area contributed by atoms with E-state index in [1.165, 1.54) is 11.3 Å². The average Bonchev–Trinajstić information content (AvgIpc) is 2.82. The molecule has 0 aliphatic carbocycles. The Morgan fingerprint density at radius 3 is 2.90 bits per heavy atom. The fourth-order valence-electron chi connectivity index (χ4n) is 1.90. The zero-order valence-corrected chi connectivity index (χ0v) is 12.5. The van der Waals surface area contributed by atoms with E-state index in [2.05, 4.69) is 9.97 Å². The van der Waals surface area contributed by atoms with Crippen LogP contribution in [0.4, 0.5) is 0 Å². The summed E-state index contributed by atoms with van der Waals surface area (Å²) >= 11 is 1.47. The van der Waals surface area contributed by atoms with Crippen LogP contribution in [0, 0.1) is 0 Å². The number of carbonyl (C=O) groups is 1. The number of thiazole rings is 1. The molecule has 6 nitrogen and oxygen atoms in total. The van der Waals surface area contributed by atoms with E-state index in [0.717, 1.165) is 15.4 Å². The SMILES string of the molecule is CN(CCO)Cc1sc(-c2cccnc2)nc1CC(=O)O. The normalized spacial score (nSPS) is 11.0. The van der Waals surface area contributed by atoms with Crippen LogP contribution < -0.4 is 0 Å². The number of rotatable bonds is 7. The highest BCUT2D eigenvalue weighted by molar-refractivity contribution is 7.15. The predicted molar refractivity (Wildman–Crippen MR) is 80.1 cm³/mol. The van der Waals surface area contributed by atoms with Crippen molar-refractivity contribution in [2.75, 3.05) is 20.2 Å². The van der Waals surface area contributed by atoms with Gasteiger partial charge in [0, 0.05) is 35.9 Å². The van der Waals surface area contributed by atoms with E-state index >= 15 is 0 Å². The molecule has 0 unspecified atom stereocenters. The molecule has 112 valence electrons. The van der Waals surface area contributed by atoms with E-state index in [1.807, 2.05) is 24.1 Å². The Balaban J connectivity index is 2.28. The Bertz CT molecular complexity index is 601. The summed E-state index contributed by atoms with van der Waals surface area (Å²) < 4.78 is 0. The number of aliphatic carboxylic acids is 1. The van der Waals surface area contributed by atoms with E-state index in [4.69, 9.17) is 10.2 Å². The van der Waals surface area contributed by atoms with Gasteiger partial charge in [0.2, 0.25) is 0 Å². The molecule has 2 aromatic rings. The van der Waals surface area contributed by atoms with Crippen LogP contribution >= 0.6 is 11.3 Å². The first-order valence-corrected chi connectivity index (χ1v) is 7.32. The number of nitrogens with zero attached hydrogens (tertiary/aromatic N) is 3. The van der Waals surface area contributed by atoms with Gasteiger partial charge >= 0.3 is 5.97 Å². The van der Waals surface area contributed by atoms with Crippen molar-refractivity contribution >= 4 is 17.3 Å². The molecule has 0 amide bonds. The Labute approximate surface area is 126 Å². The lowest BCUT2D eigenvalue weighted by atomic mass is 10.2. The molecular formula is C14H17N3O3S. The van der Waals surface area contributed by atoms with Crippen molar-refractivity contribution < 1.29 is 15.0 Å². The standard InChI is InChI=1S/C14H17N3O3S/c1-17(5-6-18)9-12-11(7-13(19)20)16-14(21-12)10-3-2-4-15-8-10/h2-4,8,18H,5-7,9H2,1H3,(H,19,20). The Morgan fingerprint density at radius 2 is 2.29 bits per heavy atom. The third kappa shape index (κ3) is 4.32. The first kappa shape index (κ1) is 15.6. The summed E-state index contributed by atoms with van der Waals surface area (Å²) in [6.07, 6.45) is 3.30. The van der Waals surface area contributed by atoms with Crippen molar-refractivity contribution in [3.05, 3.63) is 35.1 Å². The van der Waals surface area contributed by atoms with Crippen LogP contribution in [-0.2, 0) is 17.8 Å². The molecule has 0 fully saturated rings. The monoisotopic (exact) mass is 307 g/mol. The maximum Gasteiger partial charge on any atom is 0.309 e. The van der Waals surface area contributed by atoms with Crippen LogP contribution in [0.25, 0.3) is 10.6 Å². The van der Waals surface area contributed by atoms with Crippen molar-refractivity contribution in [2.45, 2.75) is 13.0 Å². The molecule has 0 aliphatic rings. The molecule has 2 N–H and O–H groups in total. The second-order valence-corrected chi connectivity index (χ2v) is 5.75. The predicted octanol–water partition coefficient (Wildman–Crippen LogP) is 1.26. The van der Waals surface area contributed by atoms with E-state index in [9.17, 15) is 4.79 Å². The zero-order chi connectivity index (χ0) is 15.2. The summed E-state index contributed by atoms with van der Waals surface area (Å²) in [7, 11) is 1.88. The lowest BCUT2D eigenvalue weighted by molar-refractivity contribution is -0.136. The van der Waals surface area contributed by atoms with E-state index in [1.54, 1.807) is 12.4 Å². The van der Waals surface area contributed by atoms with Gasteiger partial charge in [-0.2, -0.15) is 0 Å². The van der Waals surface area contributed by atoms with Crippen LogP contribution in [0.1, 0.15) is 10.6 Å². The third-order valence-electron chi connectivity index (χ3n) is 2.90. The van der Waals surface area contributed by atoms with Crippen LogP contribution in [0.3, 0.4) is 0 Å². The molecule has 2 heterocycles. The lowest BCUT2D eigenvalue weighted by Crippen LogP contribution is -2.21. The molecule has 2 aromatic heterocycles. The quantitative estimate of drug-likeness (QED) is 0.801. The molecule has 0 atom stereocenters. The number of aromatic nitrogens is 2. The number of carboxylic acids is 1. The summed E-state index contributed by atoms with van der Waals surface area (Å²) in [6.45, 7) is 1.17. The number of carboxylic acid groups (broad SMARTS) is 1. The Kier molecular flexibility index (Phi) is 5.38. The maximum atomic E-state index is 11.0. The van der Waals surface area contributed by atoms with Gasteiger partial charge in [-0.05, 0) is 19.2 Å². The number of likely N-dealkylation sites (N-methyl/N-ethyl adjacent to an activating group) is 1. The zero-order valence-electron chi connectivity index (χ0n) is 11.7. The van der Waals surface area contributed by atoms with E-state index in [-0.39, 0.29) is 13.0 Å². The highest BCUT2D eigenvalue weighted by Gasteiger charge is 2.16. The Hall–Kier alpha value is -1.83. The third-order valence-corrected chi connectivity index (χ3v) is 4.03. The number of aliphatic hydroxyl groups is 1. The average molecular weight is 307 g/mol. The van der Waals surface area contributed by atoms with Gasteiger partial charge in [-0.25, -0.2) is 4.98 Å². The van der Waals surface area contributed by atoms with Gasteiger partial charge in [-0.15, -0.1) is 11.3 Å². The molecule has 0 saturated heterocycles. The number of aliphatic hydroxyl groups excluding tert-OH is 1. The van der Waals surface area contributed by atoms with Gasteiger partial charge in [0.15, 0.2) is 0 Å².